The Hall–Kier alpha value is -2.25. The van der Waals surface area contributed by atoms with E-state index in [9.17, 15) is 10.1 Å². The Morgan fingerprint density at radius 3 is 2.58 bits per heavy atom. The summed E-state index contributed by atoms with van der Waals surface area (Å²) in [6.07, 6.45) is 3.86. The first-order chi connectivity index (χ1) is 11.6. The van der Waals surface area contributed by atoms with Crippen LogP contribution in [0.4, 0.5) is 5.69 Å². The molecule has 0 aliphatic carbocycles. The highest BCUT2D eigenvalue weighted by Crippen LogP contribution is 2.15. The molecule has 1 aromatic heterocycles. The maximum atomic E-state index is 10.9. The lowest BCUT2D eigenvalue weighted by molar-refractivity contribution is -0.384. The van der Waals surface area contributed by atoms with Gasteiger partial charge in [-0.15, -0.1) is 0 Å². The number of hydrogen-bond donors (Lipinski definition) is 0. The Morgan fingerprint density at radius 1 is 1.17 bits per heavy atom. The summed E-state index contributed by atoms with van der Waals surface area (Å²) < 4.78 is 2.18. The molecule has 1 saturated heterocycles. The third-order valence-electron chi connectivity index (χ3n) is 4.57. The number of non-ortho nitro benzene ring substituents is 1. The second-order valence-corrected chi connectivity index (χ2v) is 6.21. The van der Waals surface area contributed by atoms with Crippen LogP contribution in [-0.2, 0) is 13.1 Å². The van der Waals surface area contributed by atoms with Gasteiger partial charge in [-0.1, -0.05) is 12.1 Å². The number of piperazine rings is 1. The van der Waals surface area contributed by atoms with Crippen molar-refractivity contribution in [2.75, 3.05) is 32.7 Å². The zero-order valence-corrected chi connectivity index (χ0v) is 14.0. The van der Waals surface area contributed by atoms with Crippen molar-refractivity contribution in [2.24, 2.45) is 0 Å². The lowest BCUT2D eigenvalue weighted by Gasteiger charge is -2.34. The highest BCUT2D eigenvalue weighted by Gasteiger charge is 2.17. The van der Waals surface area contributed by atoms with E-state index < -0.39 is 0 Å². The molecule has 0 spiro atoms. The normalized spacial score (nSPS) is 16.4. The van der Waals surface area contributed by atoms with Crippen molar-refractivity contribution in [2.45, 2.75) is 20.0 Å². The molecule has 0 radical (unpaired) electrons. The molecule has 128 valence electrons. The predicted octanol–water partition coefficient (Wildman–Crippen LogP) is 1.92. The Kier molecular flexibility index (Phi) is 5.22. The molecule has 0 unspecified atom stereocenters. The second-order valence-electron chi connectivity index (χ2n) is 6.21. The Morgan fingerprint density at radius 2 is 1.92 bits per heavy atom. The second kappa shape index (κ2) is 7.55. The van der Waals surface area contributed by atoms with E-state index in [4.69, 9.17) is 0 Å². The first kappa shape index (κ1) is 16.6. The minimum Gasteiger partial charge on any atom is -0.334 e. The summed E-state index contributed by atoms with van der Waals surface area (Å²) in [5.41, 5.74) is 1.17. The van der Waals surface area contributed by atoms with Gasteiger partial charge < -0.3 is 4.57 Å². The lowest BCUT2D eigenvalue weighted by Crippen LogP contribution is -2.46. The molecule has 1 aromatic carbocycles. The summed E-state index contributed by atoms with van der Waals surface area (Å²) in [6.45, 7) is 8.84. The highest BCUT2D eigenvalue weighted by molar-refractivity contribution is 5.34. The van der Waals surface area contributed by atoms with Crippen LogP contribution >= 0.6 is 0 Å². The topological polar surface area (TPSA) is 67.4 Å². The van der Waals surface area contributed by atoms with Crippen LogP contribution in [-0.4, -0.2) is 57.0 Å². The maximum absolute atomic E-state index is 10.9. The van der Waals surface area contributed by atoms with Crippen LogP contribution in [0, 0.1) is 17.0 Å². The number of aromatic nitrogens is 2. The van der Waals surface area contributed by atoms with Crippen molar-refractivity contribution in [3.8, 4) is 0 Å². The summed E-state index contributed by atoms with van der Waals surface area (Å²) in [5.74, 6) is 1.05. The van der Waals surface area contributed by atoms with Gasteiger partial charge in [-0.3, -0.25) is 19.9 Å². The van der Waals surface area contributed by atoms with Gasteiger partial charge in [0.1, 0.15) is 5.82 Å². The minimum absolute atomic E-state index is 0.168. The van der Waals surface area contributed by atoms with Gasteiger partial charge in [0.05, 0.1) is 4.92 Å². The molecule has 0 amide bonds. The van der Waals surface area contributed by atoms with E-state index in [0.29, 0.717) is 0 Å². The molecule has 0 atom stereocenters. The Labute approximate surface area is 141 Å². The van der Waals surface area contributed by atoms with Crippen molar-refractivity contribution in [3.63, 3.8) is 0 Å². The molecule has 0 bridgehead atoms. The molecule has 2 aromatic rings. The molecule has 7 nitrogen and oxygen atoms in total. The fourth-order valence-corrected chi connectivity index (χ4v) is 3.09. The van der Waals surface area contributed by atoms with Gasteiger partial charge in [-0.05, 0) is 12.5 Å². The van der Waals surface area contributed by atoms with Gasteiger partial charge in [-0.2, -0.15) is 0 Å². The van der Waals surface area contributed by atoms with Gasteiger partial charge in [0.15, 0.2) is 0 Å². The monoisotopic (exact) mass is 329 g/mol. The van der Waals surface area contributed by atoms with Gasteiger partial charge in [0.25, 0.3) is 5.69 Å². The molecule has 1 fully saturated rings. The van der Waals surface area contributed by atoms with Crippen LogP contribution in [0.15, 0.2) is 36.7 Å². The quantitative estimate of drug-likeness (QED) is 0.598. The molecule has 0 N–H and O–H groups in total. The van der Waals surface area contributed by atoms with E-state index in [1.165, 1.54) is 0 Å². The number of nitro groups is 1. The average molecular weight is 329 g/mol. The number of aryl methyl sites for hydroxylation is 1. The van der Waals surface area contributed by atoms with Crippen LogP contribution in [0.2, 0.25) is 0 Å². The van der Waals surface area contributed by atoms with Crippen molar-refractivity contribution < 1.29 is 4.92 Å². The molecular weight excluding hydrogens is 306 g/mol. The molecule has 7 heteroatoms. The fraction of sp³-hybridized carbons (Fsp3) is 0.471. The predicted molar refractivity (Wildman–Crippen MR) is 91.8 cm³/mol. The summed E-state index contributed by atoms with van der Waals surface area (Å²) in [5, 5.41) is 10.9. The first-order valence-corrected chi connectivity index (χ1v) is 8.27. The summed E-state index contributed by atoms with van der Waals surface area (Å²) in [7, 11) is 0. The minimum atomic E-state index is -0.334. The van der Waals surface area contributed by atoms with E-state index in [2.05, 4.69) is 19.4 Å². The van der Waals surface area contributed by atoms with Crippen LogP contribution in [0.3, 0.4) is 0 Å². The van der Waals surface area contributed by atoms with Gasteiger partial charge in [0, 0.05) is 70.3 Å². The molecule has 1 aliphatic rings. The molecule has 24 heavy (non-hydrogen) atoms. The van der Waals surface area contributed by atoms with Crippen LogP contribution in [0.25, 0.3) is 0 Å². The van der Waals surface area contributed by atoms with Crippen molar-refractivity contribution in [3.05, 3.63) is 58.2 Å². The zero-order chi connectivity index (χ0) is 16.9. The maximum Gasteiger partial charge on any atom is 0.269 e. The van der Waals surface area contributed by atoms with Gasteiger partial charge in [-0.25, -0.2) is 4.98 Å². The number of imidazole rings is 1. The molecule has 1 aliphatic heterocycles. The third-order valence-corrected chi connectivity index (χ3v) is 4.57. The van der Waals surface area contributed by atoms with Gasteiger partial charge in [0.2, 0.25) is 0 Å². The van der Waals surface area contributed by atoms with Crippen LogP contribution in [0.1, 0.15) is 11.4 Å². The fourth-order valence-electron chi connectivity index (χ4n) is 3.09. The van der Waals surface area contributed by atoms with E-state index in [0.717, 1.165) is 57.2 Å². The van der Waals surface area contributed by atoms with E-state index >= 15 is 0 Å². The Bertz CT molecular complexity index is 692. The number of nitrogens with zero attached hydrogens (tertiary/aromatic N) is 5. The highest BCUT2D eigenvalue weighted by atomic mass is 16.6. The summed E-state index contributed by atoms with van der Waals surface area (Å²) in [6, 6.07) is 6.94. The van der Waals surface area contributed by atoms with E-state index in [1.54, 1.807) is 18.2 Å². The SMILES string of the molecule is Cc1nccn1CCN1CCN(Cc2cccc([N+](=O)[O-])c2)CC1. The van der Waals surface area contributed by atoms with Crippen LogP contribution in [0.5, 0.6) is 0 Å². The standard InChI is InChI=1S/C17H23N5O2/c1-15-18-5-6-21(15)12-11-19-7-9-20(10-8-19)14-16-3-2-4-17(13-16)22(23)24/h2-6,13H,7-12,14H2,1H3. The van der Waals surface area contributed by atoms with Crippen LogP contribution < -0.4 is 0 Å². The van der Waals surface area contributed by atoms with Crippen molar-refractivity contribution in [1.82, 2.24) is 19.4 Å². The zero-order valence-electron chi connectivity index (χ0n) is 14.0. The molecule has 0 saturated carbocycles. The smallest absolute Gasteiger partial charge is 0.269 e. The van der Waals surface area contributed by atoms with Gasteiger partial charge >= 0.3 is 0 Å². The van der Waals surface area contributed by atoms with E-state index in [1.807, 2.05) is 25.4 Å². The Balaban J connectivity index is 1.46. The van der Waals surface area contributed by atoms with Crippen molar-refractivity contribution in [1.29, 1.82) is 0 Å². The largest absolute Gasteiger partial charge is 0.334 e. The number of rotatable bonds is 6. The summed E-state index contributed by atoms with van der Waals surface area (Å²) >= 11 is 0. The molecule has 2 heterocycles. The lowest BCUT2D eigenvalue weighted by atomic mass is 10.1. The molecule has 3 rings (SSSR count). The number of hydrogen-bond acceptors (Lipinski definition) is 5. The summed E-state index contributed by atoms with van der Waals surface area (Å²) in [4.78, 5) is 19.6. The number of nitro benzene ring substituents is 1. The average Bonchev–Trinajstić information content (AvgIpc) is 2.99. The number of benzene rings is 1. The van der Waals surface area contributed by atoms with E-state index in [-0.39, 0.29) is 10.6 Å². The van der Waals surface area contributed by atoms with Crippen molar-refractivity contribution >= 4 is 5.69 Å². The third kappa shape index (κ3) is 4.18. The first-order valence-electron chi connectivity index (χ1n) is 8.27. The molecular formula is C17H23N5O2.